The van der Waals surface area contributed by atoms with Crippen LogP contribution in [0.1, 0.15) is 0 Å². The molecule has 2 aromatic rings. The summed E-state index contributed by atoms with van der Waals surface area (Å²) in [6.07, 6.45) is 3.63. The van der Waals surface area contributed by atoms with Crippen LogP contribution in [0.15, 0.2) is 48.8 Å². The molecule has 76 valence electrons. The van der Waals surface area contributed by atoms with E-state index in [1.54, 1.807) is 0 Å². The normalized spacial score (nSPS) is 9.43. The van der Waals surface area contributed by atoms with Crippen LogP contribution in [0.2, 0.25) is 0 Å². The summed E-state index contributed by atoms with van der Waals surface area (Å²) in [5.41, 5.74) is 0. The number of nitrogens with zero attached hydrogens (tertiary/aromatic N) is 2. The van der Waals surface area contributed by atoms with E-state index in [4.69, 9.17) is 0 Å². The van der Waals surface area contributed by atoms with E-state index >= 15 is 0 Å². The van der Waals surface area contributed by atoms with E-state index in [-0.39, 0.29) is 12.4 Å². The van der Waals surface area contributed by atoms with E-state index < -0.39 is 0 Å². The van der Waals surface area contributed by atoms with Gasteiger partial charge in [0.2, 0.25) is 0 Å². The molecule has 2 heterocycles. The molecule has 0 aromatic carbocycles. The predicted molar refractivity (Wildman–Crippen MR) is 55.0 cm³/mol. The maximum atomic E-state index is 4.26. The van der Waals surface area contributed by atoms with Gasteiger partial charge in [0.1, 0.15) is 0 Å². The van der Waals surface area contributed by atoms with Gasteiger partial charge in [0.15, 0.2) is 0 Å². The van der Waals surface area contributed by atoms with Gasteiger partial charge in [0, 0.05) is 0 Å². The second-order valence-electron chi connectivity index (χ2n) is 2.32. The zero-order valence-electron chi connectivity index (χ0n) is 7.24. The fourth-order valence-corrected chi connectivity index (χ4v) is 2.24. The fraction of sp³-hybridized carbons (Fsp3) is 0. The van der Waals surface area contributed by atoms with Crippen molar-refractivity contribution in [2.45, 2.75) is 0 Å². The summed E-state index contributed by atoms with van der Waals surface area (Å²) < 4.78 is 2.21. The van der Waals surface area contributed by atoms with Gasteiger partial charge in [-0.1, -0.05) is 0 Å². The molecule has 0 radical (unpaired) electrons. The quantitative estimate of drug-likeness (QED) is 0.771. The molecule has 4 heteroatoms. The van der Waals surface area contributed by atoms with Gasteiger partial charge < -0.3 is 0 Å². The van der Waals surface area contributed by atoms with Crippen molar-refractivity contribution < 1.29 is 18.0 Å². The first-order chi connectivity index (χ1) is 6.45. The van der Waals surface area contributed by atoms with Gasteiger partial charge in [-0.25, -0.2) is 0 Å². The van der Waals surface area contributed by atoms with Gasteiger partial charge in [-0.2, -0.15) is 0 Å². The standard InChI is InChI=1S/2C5H4N.ClH.Pd/c2*1-2-4-6-5-3-1;;/h2*1-4H;1H;. The van der Waals surface area contributed by atoms with Crippen LogP contribution < -0.4 is 8.33 Å². The summed E-state index contributed by atoms with van der Waals surface area (Å²) >= 11 is 0.352. The Kier molecular flexibility index (Phi) is 4.75. The summed E-state index contributed by atoms with van der Waals surface area (Å²) in [5.74, 6) is 0. The molecule has 0 saturated carbocycles. The van der Waals surface area contributed by atoms with E-state index in [0.29, 0.717) is 18.0 Å². The average molecular weight is 299 g/mol. The Hall–Kier alpha value is -0.748. The van der Waals surface area contributed by atoms with Gasteiger partial charge in [0.05, 0.1) is 0 Å². The number of pyridine rings is 2. The van der Waals surface area contributed by atoms with Crippen molar-refractivity contribution >= 4 is 20.7 Å². The van der Waals surface area contributed by atoms with E-state index in [2.05, 4.69) is 9.97 Å². The molecule has 2 nitrogen and oxygen atoms in total. The van der Waals surface area contributed by atoms with E-state index in [9.17, 15) is 0 Å². The molecule has 0 fully saturated rings. The summed E-state index contributed by atoms with van der Waals surface area (Å²) in [5, 5.41) is 0. The summed E-state index contributed by atoms with van der Waals surface area (Å²) in [6.45, 7) is 0. The van der Waals surface area contributed by atoms with E-state index in [0.717, 1.165) is 8.33 Å². The third kappa shape index (κ3) is 3.19. The Morgan fingerprint density at radius 1 is 0.786 bits per heavy atom. The first-order valence-corrected chi connectivity index (χ1v) is 5.41. The van der Waals surface area contributed by atoms with Gasteiger partial charge in [-0.3, -0.25) is 0 Å². The molecule has 2 aromatic heterocycles. The first-order valence-electron chi connectivity index (χ1n) is 3.86. The number of hydrogen-bond acceptors (Lipinski definition) is 2. The molecule has 0 bridgehead atoms. The second-order valence-corrected chi connectivity index (χ2v) is 4.30. The van der Waals surface area contributed by atoms with E-state index in [1.165, 1.54) is 0 Å². The van der Waals surface area contributed by atoms with Crippen LogP contribution in [0.4, 0.5) is 0 Å². The SMILES string of the molecule is Cl.c1cc[c]([Pd][c]2ccccn2)nc1. The molecule has 14 heavy (non-hydrogen) atoms. The van der Waals surface area contributed by atoms with Gasteiger partial charge >= 0.3 is 85.1 Å². The fourth-order valence-electron chi connectivity index (χ4n) is 0.839. The molecule has 0 aliphatic carbocycles. The zero-order chi connectivity index (χ0) is 8.93. The van der Waals surface area contributed by atoms with Gasteiger partial charge in [-0.05, 0) is 0 Å². The van der Waals surface area contributed by atoms with Crippen LogP contribution in [0.3, 0.4) is 0 Å². The van der Waals surface area contributed by atoms with Crippen LogP contribution in [-0.2, 0) is 18.0 Å². The predicted octanol–water partition coefficient (Wildman–Crippen LogP) is 0.932. The molecule has 0 amide bonds. The van der Waals surface area contributed by atoms with Crippen LogP contribution in [-0.4, -0.2) is 9.97 Å². The monoisotopic (exact) mass is 298 g/mol. The molecule has 0 saturated heterocycles. The van der Waals surface area contributed by atoms with Crippen molar-refractivity contribution in [3.8, 4) is 0 Å². The Bertz CT molecular complexity index is 329. The number of aromatic nitrogens is 2. The van der Waals surface area contributed by atoms with Crippen molar-refractivity contribution in [3.05, 3.63) is 48.8 Å². The van der Waals surface area contributed by atoms with Crippen molar-refractivity contribution in [3.63, 3.8) is 0 Å². The number of hydrogen-bond donors (Lipinski definition) is 0. The molecule has 0 unspecified atom stereocenters. The third-order valence-electron chi connectivity index (χ3n) is 1.38. The van der Waals surface area contributed by atoms with Gasteiger partial charge in [0.25, 0.3) is 0 Å². The molecular formula is C10H9ClN2Pd. The maximum absolute atomic E-state index is 4.26. The van der Waals surface area contributed by atoms with Crippen molar-refractivity contribution in [2.75, 3.05) is 0 Å². The summed E-state index contributed by atoms with van der Waals surface area (Å²) in [6, 6.07) is 11.9. The topological polar surface area (TPSA) is 25.8 Å². The zero-order valence-corrected chi connectivity index (χ0v) is 9.61. The van der Waals surface area contributed by atoms with E-state index in [1.807, 2.05) is 48.8 Å². The Morgan fingerprint density at radius 3 is 1.64 bits per heavy atom. The number of halogens is 1. The van der Waals surface area contributed by atoms with Crippen LogP contribution in [0, 0.1) is 0 Å². The van der Waals surface area contributed by atoms with Crippen LogP contribution >= 0.6 is 12.4 Å². The van der Waals surface area contributed by atoms with Crippen molar-refractivity contribution in [1.29, 1.82) is 0 Å². The molecule has 0 aliphatic heterocycles. The Morgan fingerprint density at radius 2 is 1.29 bits per heavy atom. The van der Waals surface area contributed by atoms with Crippen molar-refractivity contribution in [1.82, 2.24) is 9.97 Å². The molecule has 0 N–H and O–H groups in total. The molecule has 2 rings (SSSR count). The summed E-state index contributed by atoms with van der Waals surface area (Å²) in [4.78, 5) is 8.51. The molecular weight excluding hydrogens is 290 g/mol. The average Bonchev–Trinajstić information content (AvgIpc) is 2.21. The van der Waals surface area contributed by atoms with Gasteiger partial charge in [-0.15, -0.1) is 12.4 Å². The Balaban J connectivity index is 0.000000980. The van der Waals surface area contributed by atoms with Crippen LogP contribution in [0.25, 0.3) is 0 Å². The molecule has 0 aliphatic rings. The Labute approximate surface area is 97.4 Å². The molecule has 0 atom stereocenters. The summed E-state index contributed by atoms with van der Waals surface area (Å²) in [7, 11) is 0. The van der Waals surface area contributed by atoms with Crippen molar-refractivity contribution in [2.24, 2.45) is 0 Å². The third-order valence-corrected chi connectivity index (χ3v) is 3.10. The second kappa shape index (κ2) is 5.87. The molecule has 0 spiro atoms. The first kappa shape index (κ1) is 11.3. The minimum atomic E-state index is 0. The van der Waals surface area contributed by atoms with Crippen LogP contribution in [0.5, 0.6) is 0 Å². The minimum absolute atomic E-state index is 0. The number of rotatable bonds is 2.